The summed E-state index contributed by atoms with van der Waals surface area (Å²) in [5.74, 6) is 1.32. The minimum atomic E-state index is -0.166. The molecule has 1 amide bonds. The summed E-state index contributed by atoms with van der Waals surface area (Å²) in [6.45, 7) is 4.95. The molecule has 0 fully saturated rings. The van der Waals surface area contributed by atoms with Crippen LogP contribution in [0.5, 0.6) is 11.5 Å². The van der Waals surface area contributed by atoms with Gasteiger partial charge < -0.3 is 14.8 Å². The zero-order chi connectivity index (χ0) is 17.4. The molecule has 0 atom stereocenters. The predicted octanol–water partition coefficient (Wildman–Crippen LogP) is 3.89. The summed E-state index contributed by atoms with van der Waals surface area (Å²) in [5.41, 5.74) is 2.34. The van der Waals surface area contributed by atoms with Crippen molar-refractivity contribution in [2.75, 3.05) is 19.8 Å². The summed E-state index contributed by atoms with van der Waals surface area (Å²) in [6, 6.07) is 13.6. The highest BCUT2D eigenvalue weighted by Gasteiger charge is 2.04. The second-order valence-corrected chi connectivity index (χ2v) is 6.25. The Morgan fingerprint density at radius 3 is 2.46 bits per heavy atom. The summed E-state index contributed by atoms with van der Waals surface area (Å²) in [5, 5.41) is 2.77. The van der Waals surface area contributed by atoms with Crippen molar-refractivity contribution in [3.8, 4) is 11.5 Å². The van der Waals surface area contributed by atoms with Gasteiger partial charge in [-0.15, -0.1) is 0 Å². The Balaban J connectivity index is 1.64. The summed E-state index contributed by atoms with van der Waals surface area (Å²) >= 11 is 3.43. The molecule has 0 spiro atoms. The van der Waals surface area contributed by atoms with Gasteiger partial charge in [-0.1, -0.05) is 35.0 Å². The van der Waals surface area contributed by atoms with E-state index in [1.165, 1.54) is 5.56 Å². The van der Waals surface area contributed by atoms with Crippen LogP contribution in [0.1, 0.15) is 18.1 Å². The standard InChI is InChI=1S/C19H22BrNO3/c1-3-15-4-6-16(7-5-15)23-11-10-21-19(22)13-24-17-8-9-18(20)14(2)12-17/h4-9,12H,3,10-11,13H2,1-2H3,(H,21,22). The van der Waals surface area contributed by atoms with Crippen molar-refractivity contribution in [3.63, 3.8) is 0 Å². The van der Waals surface area contributed by atoms with E-state index in [4.69, 9.17) is 9.47 Å². The van der Waals surface area contributed by atoms with E-state index in [1.54, 1.807) is 0 Å². The van der Waals surface area contributed by atoms with Crippen LogP contribution in [0.4, 0.5) is 0 Å². The van der Waals surface area contributed by atoms with Gasteiger partial charge in [0, 0.05) is 4.47 Å². The molecule has 5 heteroatoms. The average molecular weight is 392 g/mol. The lowest BCUT2D eigenvalue weighted by atomic mass is 10.2. The van der Waals surface area contributed by atoms with E-state index in [0.29, 0.717) is 18.9 Å². The highest BCUT2D eigenvalue weighted by atomic mass is 79.9. The topological polar surface area (TPSA) is 47.6 Å². The van der Waals surface area contributed by atoms with Gasteiger partial charge >= 0.3 is 0 Å². The molecule has 0 radical (unpaired) electrons. The van der Waals surface area contributed by atoms with Crippen LogP contribution < -0.4 is 14.8 Å². The van der Waals surface area contributed by atoms with Crippen LogP contribution in [0, 0.1) is 6.92 Å². The lowest BCUT2D eigenvalue weighted by Gasteiger charge is -2.10. The van der Waals surface area contributed by atoms with Gasteiger partial charge in [0.2, 0.25) is 0 Å². The molecular formula is C19H22BrNO3. The van der Waals surface area contributed by atoms with Crippen LogP contribution in [0.15, 0.2) is 46.9 Å². The maximum atomic E-state index is 11.8. The molecule has 0 aliphatic rings. The number of aryl methyl sites for hydroxylation is 2. The molecule has 0 saturated heterocycles. The number of benzene rings is 2. The number of halogens is 1. The molecule has 2 aromatic rings. The van der Waals surface area contributed by atoms with Gasteiger partial charge in [0.15, 0.2) is 6.61 Å². The van der Waals surface area contributed by atoms with Gasteiger partial charge in [-0.3, -0.25) is 4.79 Å². The van der Waals surface area contributed by atoms with E-state index >= 15 is 0 Å². The van der Waals surface area contributed by atoms with Crippen molar-refractivity contribution >= 4 is 21.8 Å². The predicted molar refractivity (Wildman–Crippen MR) is 98.7 cm³/mol. The molecule has 0 heterocycles. The first-order chi connectivity index (χ1) is 11.6. The fourth-order valence-electron chi connectivity index (χ4n) is 2.09. The molecule has 0 aliphatic heterocycles. The Hall–Kier alpha value is -2.01. The number of nitrogens with one attached hydrogen (secondary N) is 1. The third-order valence-corrected chi connectivity index (χ3v) is 4.41. The van der Waals surface area contributed by atoms with Gasteiger partial charge in [0.1, 0.15) is 18.1 Å². The number of rotatable bonds is 8. The first-order valence-electron chi connectivity index (χ1n) is 7.96. The first kappa shape index (κ1) is 18.3. The van der Waals surface area contributed by atoms with Gasteiger partial charge in [0.05, 0.1) is 6.54 Å². The van der Waals surface area contributed by atoms with E-state index in [0.717, 1.165) is 22.2 Å². The van der Waals surface area contributed by atoms with E-state index in [1.807, 2.05) is 49.4 Å². The lowest BCUT2D eigenvalue weighted by Crippen LogP contribution is -2.32. The fourth-order valence-corrected chi connectivity index (χ4v) is 2.33. The van der Waals surface area contributed by atoms with Crippen molar-refractivity contribution in [2.45, 2.75) is 20.3 Å². The highest BCUT2D eigenvalue weighted by molar-refractivity contribution is 9.10. The number of hydrogen-bond acceptors (Lipinski definition) is 3. The van der Waals surface area contributed by atoms with Crippen molar-refractivity contribution in [1.82, 2.24) is 5.32 Å². The number of ether oxygens (including phenoxy) is 2. The van der Waals surface area contributed by atoms with Crippen LogP contribution >= 0.6 is 15.9 Å². The highest BCUT2D eigenvalue weighted by Crippen LogP contribution is 2.21. The summed E-state index contributed by atoms with van der Waals surface area (Å²) in [6.07, 6.45) is 1.01. The van der Waals surface area contributed by atoms with E-state index in [9.17, 15) is 4.79 Å². The molecule has 24 heavy (non-hydrogen) atoms. The Morgan fingerprint density at radius 2 is 1.79 bits per heavy atom. The molecule has 2 aromatic carbocycles. The zero-order valence-corrected chi connectivity index (χ0v) is 15.6. The smallest absolute Gasteiger partial charge is 0.258 e. The molecule has 2 rings (SSSR count). The monoisotopic (exact) mass is 391 g/mol. The van der Waals surface area contributed by atoms with Crippen molar-refractivity contribution < 1.29 is 14.3 Å². The quantitative estimate of drug-likeness (QED) is 0.694. The largest absolute Gasteiger partial charge is 0.492 e. The third kappa shape index (κ3) is 5.89. The second-order valence-electron chi connectivity index (χ2n) is 5.40. The molecule has 0 saturated carbocycles. The van der Waals surface area contributed by atoms with Crippen molar-refractivity contribution in [2.24, 2.45) is 0 Å². The number of hydrogen-bond donors (Lipinski definition) is 1. The third-order valence-electron chi connectivity index (χ3n) is 3.52. The molecular weight excluding hydrogens is 370 g/mol. The van der Waals surface area contributed by atoms with Gasteiger partial charge in [-0.25, -0.2) is 0 Å². The van der Waals surface area contributed by atoms with Crippen LogP contribution in [0.25, 0.3) is 0 Å². The molecule has 0 unspecified atom stereocenters. The van der Waals surface area contributed by atoms with Crippen LogP contribution in [0.2, 0.25) is 0 Å². The fraction of sp³-hybridized carbons (Fsp3) is 0.316. The summed E-state index contributed by atoms with van der Waals surface area (Å²) in [7, 11) is 0. The number of carbonyl (C=O) groups is 1. The van der Waals surface area contributed by atoms with Crippen LogP contribution in [0.3, 0.4) is 0 Å². The lowest BCUT2D eigenvalue weighted by molar-refractivity contribution is -0.123. The van der Waals surface area contributed by atoms with Gasteiger partial charge in [-0.05, 0) is 54.8 Å². The average Bonchev–Trinajstić information content (AvgIpc) is 2.60. The minimum absolute atomic E-state index is 0.00767. The van der Waals surface area contributed by atoms with E-state index < -0.39 is 0 Å². The second kappa shape index (κ2) is 9.33. The van der Waals surface area contributed by atoms with Gasteiger partial charge in [0.25, 0.3) is 5.91 Å². The normalized spacial score (nSPS) is 10.3. The van der Waals surface area contributed by atoms with Crippen LogP contribution in [-0.2, 0) is 11.2 Å². The Bertz CT molecular complexity index is 671. The Morgan fingerprint density at radius 1 is 1.08 bits per heavy atom. The van der Waals surface area contributed by atoms with E-state index in [2.05, 4.69) is 28.2 Å². The molecule has 4 nitrogen and oxygen atoms in total. The molecule has 0 aromatic heterocycles. The summed E-state index contributed by atoms with van der Waals surface area (Å²) in [4.78, 5) is 11.8. The molecule has 0 aliphatic carbocycles. The van der Waals surface area contributed by atoms with Crippen molar-refractivity contribution in [3.05, 3.63) is 58.1 Å². The number of carbonyl (C=O) groups excluding carboxylic acids is 1. The molecule has 0 bridgehead atoms. The number of amides is 1. The molecule has 1 N–H and O–H groups in total. The Kier molecular flexibility index (Phi) is 7.12. The van der Waals surface area contributed by atoms with Gasteiger partial charge in [-0.2, -0.15) is 0 Å². The van der Waals surface area contributed by atoms with Crippen LogP contribution in [-0.4, -0.2) is 25.7 Å². The van der Waals surface area contributed by atoms with Crippen molar-refractivity contribution in [1.29, 1.82) is 0 Å². The zero-order valence-electron chi connectivity index (χ0n) is 14.0. The maximum absolute atomic E-state index is 11.8. The maximum Gasteiger partial charge on any atom is 0.258 e. The molecule has 128 valence electrons. The summed E-state index contributed by atoms with van der Waals surface area (Å²) < 4.78 is 12.1. The Labute approximate surface area is 151 Å². The minimum Gasteiger partial charge on any atom is -0.492 e. The first-order valence-corrected chi connectivity index (χ1v) is 8.75. The van der Waals surface area contributed by atoms with E-state index in [-0.39, 0.29) is 12.5 Å². The SMILES string of the molecule is CCc1ccc(OCCNC(=O)COc2ccc(Br)c(C)c2)cc1.